The van der Waals surface area contributed by atoms with Gasteiger partial charge in [0.2, 0.25) is 0 Å². The fourth-order valence-corrected chi connectivity index (χ4v) is 2.83. The first-order chi connectivity index (χ1) is 9.65. The summed E-state index contributed by atoms with van der Waals surface area (Å²) < 4.78 is 10.7. The largest absolute Gasteiger partial charge is 0.493 e. The van der Waals surface area contributed by atoms with Gasteiger partial charge in [-0.05, 0) is 25.5 Å². The number of rotatable bonds is 6. The van der Waals surface area contributed by atoms with Gasteiger partial charge in [-0.2, -0.15) is 0 Å². The van der Waals surface area contributed by atoms with Crippen LogP contribution in [0.4, 0.5) is 0 Å². The zero-order chi connectivity index (χ0) is 14.5. The van der Waals surface area contributed by atoms with Crippen LogP contribution in [0, 0.1) is 0 Å². The van der Waals surface area contributed by atoms with Crippen LogP contribution in [-0.2, 0) is 11.3 Å². The van der Waals surface area contributed by atoms with Crippen LogP contribution in [-0.4, -0.2) is 42.8 Å². The van der Waals surface area contributed by atoms with Crippen molar-refractivity contribution in [2.24, 2.45) is 0 Å². The quantitative estimate of drug-likeness (QED) is 0.864. The highest BCUT2D eigenvalue weighted by molar-refractivity contribution is 5.67. The molecular weight excluding hydrogens is 258 g/mol. The molecule has 1 aromatic rings. The van der Waals surface area contributed by atoms with E-state index < -0.39 is 5.97 Å². The number of nitrogens with zero attached hydrogens (tertiary/aromatic N) is 1. The van der Waals surface area contributed by atoms with E-state index in [1.165, 1.54) is 0 Å². The molecule has 0 spiro atoms. The van der Waals surface area contributed by atoms with Crippen LogP contribution in [0.15, 0.2) is 18.2 Å². The topological polar surface area (TPSA) is 59.0 Å². The fraction of sp³-hybridized carbons (Fsp3) is 0.533. The lowest BCUT2D eigenvalue weighted by molar-refractivity contribution is -0.138. The van der Waals surface area contributed by atoms with Crippen LogP contribution in [0.5, 0.6) is 11.5 Å². The van der Waals surface area contributed by atoms with E-state index >= 15 is 0 Å². The maximum atomic E-state index is 10.9. The molecule has 1 atom stereocenters. The molecule has 0 aromatic heterocycles. The average molecular weight is 279 g/mol. The summed E-state index contributed by atoms with van der Waals surface area (Å²) in [4.78, 5) is 13.1. The molecule has 1 heterocycles. The van der Waals surface area contributed by atoms with E-state index in [-0.39, 0.29) is 12.5 Å². The summed E-state index contributed by atoms with van der Waals surface area (Å²) in [5, 5.41) is 8.97. The summed E-state index contributed by atoms with van der Waals surface area (Å²) >= 11 is 0. The molecule has 1 aliphatic heterocycles. The van der Waals surface area contributed by atoms with Crippen LogP contribution in [0.25, 0.3) is 0 Å². The predicted octanol–water partition coefficient (Wildman–Crippen LogP) is 2.14. The molecule has 1 aromatic carbocycles. The van der Waals surface area contributed by atoms with Crippen molar-refractivity contribution >= 4 is 5.97 Å². The minimum atomic E-state index is -0.737. The number of ether oxygens (including phenoxy) is 2. The summed E-state index contributed by atoms with van der Waals surface area (Å²) in [6.45, 7) is 1.62. The highest BCUT2D eigenvalue weighted by Gasteiger charge is 2.27. The Balaban J connectivity index is 2.14. The van der Waals surface area contributed by atoms with Gasteiger partial charge in [-0.3, -0.25) is 9.69 Å². The zero-order valence-electron chi connectivity index (χ0n) is 12.0. The first kappa shape index (κ1) is 14.7. The lowest BCUT2D eigenvalue weighted by Crippen LogP contribution is -2.31. The molecule has 0 amide bonds. The van der Waals surface area contributed by atoms with Crippen LogP contribution >= 0.6 is 0 Å². The van der Waals surface area contributed by atoms with Gasteiger partial charge in [-0.1, -0.05) is 12.1 Å². The highest BCUT2D eigenvalue weighted by atomic mass is 16.5. The van der Waals surface area contributed by atoms with E-state index in [0.29, 0.717) is 12.3 Å². The summed E-state index contributed by atoms with van der Waals surface area (Å²) in [7, 11) is 3.24. The number of para-hydroxylation sites is 1. The van der Waals surface area contributed by atoms with Gasteiger partial charge in [0, 0.05) is 18.2 Å². The van der Waals surface area contributed by atoms with E-state index in [2.05, 4.69) is 4.90 Å². The maximum absolute atomic E-state index is 10.9. The molecular formula is C15H21NO4. The van der Waals surface area contributed by atoms with E-state index in [1.54, 1.807) is 14.2 Å². The molecule has 0 radical (unpaired) electrons. The van der Waals surface area contributed by atoms with Crippen molar-refractivity contribution in [1.29, 1.82) is 0 Å². The molecule has 0 aliphatic carbocycles. The Labute approximate surface area is 119 Å². The van der Waals surface area contributed by atoms with Gasteiger partial charge in [-0.25, -0.2) is 0 Å². The molecule has 20 heavy (non-hydrogen) atoms. The average Bonchev–Trinajstić information content (AvgIpc) is 2.85. The van der Waals surface area contributed by atoms with Gasteiger partial charge >= 0.3 is 5.97 Å². The number of carboxylic acids is 1. The molecule has 110 valence electrons. The molecule has 1 N–H and O–H groups in total. The summed E-state index contributed by atoms with van der Waals surface area (Å²) in [6, 6.07) is 5.90. The fourth-order valence-electron chi connectivity index (χ4n) is 2.83. The number of aliphatic carboxylic acids is 1. The van der Waals surface area contributed by atoms with Crippen molar-refractivity contribution in [3.63, 3.8) is 0 Å². The third-order valence-electron chi connectivity index (χ3n) is 3.77. The third-order valence-corrected chi connectivity index (χ3v) is 3.77. The van der Waals surface area contributed by atoms with Crippen LogP contribution in [0.3, 0.4) is 0 Å². The van der Waals surface area contributed by atoms with E-state index in [9.17, 15) is 4.79 Å². The SMILES string of the molecule is COc1cccc(CN2CCCC2CC(=O)O)c1OC. The standard InChI is InChI=1S/C15H21NO4/c1-19-13-7-3-5-11(15(13)20-2)10-16-8-4-6-12(16)9-14(17)18/h3,5,7,12H,4,6,8-10H2,1-2H3,(H,17,18). The molecule has 1 aliphatic rings. The van der Waals surface area contributed by atoms with Gasteiger partial charge in [0.1, 0.15) is 0 Å². The number of likely N-dealkylation sites (tertiary alicyclic amines) is 1. The normalized spacial score (nSPS) is 19.0. The minimum absolute atomic E-state index is 0.114. The Morgan fingerprint density at radius 3 is 2.85 bits per heavy atom. The van der Waals surface area contributed by atoms with Crippen molar-refractivity contribution in [1.82, 2.24) is 4.90 Å². The van der Waals surface area contributed by atoms with E-state index in [4.69, 9.17) is 14.6 Å². The van der Waals surface area contributed by atoms with Gasteiger partial charge in [-0.15, -0.1) is 0 Å². The van der Waals surface area contributed by atoms with E-state index in [0.717, 1.165) is 30.7 Å². The minimum Gasteiger partial charge on any atom is -0.493 e. The predicted molar refractivity (Wildman–Crippen MR) is 75.2 cm³/mol. The van der Waals surface area contributed by atoms with Gasteiger partial charge < -0.3 is 14.6 Å². The number of hydrogen-bond donors (Lipinski definition) is 1. The van der Waals surface area contributed by atoms with Crippen LogP contribution < -0.4 is 9.47 Å². The molecule has 5 heteroatoms. The van der Waals surface area contributed by atoms with Gasteiger partial charge in [0.25, 0.3) is 0 Å². The number of hydrogen-bond acceptors (Lipinski definition) is 4. The van der Waals surface area contributed by atoms with Crippen molar-refractivity contribution in [3.8, 4) is 11.5 Å². The van der Waals surface area contributed by atoms with Crippen molar-refractivity contribution in [2.45, 2.75) is 31.8 Å². The number of carbonyl (C=O) groups is 1. The zero-order valence-corrected chi connectivity index (χ0v) is 12.0. The molecule has 1 fully saturated rings. The van der Waals surface area contributed by atoms with Crippen LogP contribution in [0.1, 0.15) is 24.8 Å². The second-order valence-corrected chi connectivity index (χ2v) is 5.02. The Morgan fingerprint density at radius 2 is 2.20 bits per heavy atom. The van der Waals surface area contributed by atoms with Crippen LogP contribution in [0.2, 0.25) is 0 Å². The van der Waals surface area contributed by atoms with Crippen molar-refractivity contribution in [2.75, 3.05) is 20.8 Å². The lowest BCUT2D eigenvalue weighted by atomic mass is 10.1. The monoisotopic (exact) mass is 279 g/mol. The third kappa shape index (κ3) is 3.22. The molecule has 5 nitrogen and oxygen atoms in total. The molecule has 0 saturated carbocycles. The first-order valence-electron chi connectivity index (χ1n) is 6.81. The smallest absolute Gasteiger partial charge is 0.304 e. The van der Waals surface area contributed by atoms with Crippen molar-refractivity contribution in [3.05, 3.63) is 23.8 Å². The van der Waals surface area contributed by atoms with Gasteiger partial charge in [0.05, 0.1) is 20.6 Å². The second kappa shape index (κ2) is 6.61. The molecule has 1 unspecified atom stereocenters. The number of methoxy groups -OCH3 is 2. The summed E-state index contributed by atoms with van der Waals surface area (Å²) in [5.74, 6) is 0.703. The highest BCUT2D eigenvalue weighted by Crippen LogP contribution is 2.33. The lowest BCUT2D eigenvalue weighted by Gasteiger charge is -2.24. The maximum Gasteiger partial charge on any atom is 0.304 e. The molecule has 1 saturated heterocycles. The van der Waals surface area contributed by atoms with Gasteiger partial charge in [0.15, 0.2) is 11.5 Å². The first-order valence-corrected chi connectivity index (χ1v) is 6.81. The Bertz CT molecular complexity index is 475. The number of benzene rings is 1. The second-order valence-electron chi connectivity index (χ2n) is 5.02. The summed E-state index contributed by atoms with van der Waals surface area (Å²) in [5.41, 5.74) is 1.03. The molecule has 0 bridgehead atoms. The Morgan fingerprint density at radius 1 is 1.40 bits per heavy atom. The Kier molecular flexibility index (Phi) is 4.84. The Hall–Kier alpha value is -1.75. The number of carboxylic acid groups (broad SMARTS) is 1. The van der Waals surface area contributed by atoms with Crippen molar-refractivity contribution < 1.29 is 19.4 Å². The molecule has 2 rings (SSSR count). The summed E-state index contributed by atoms with van der Waals surface area (Å²) in [6.07, 6.45) is 2.19. The van der Waals surface area contributed by atoms with E-state index in [1.807, 2.05) is 18.2 Å².